The van der Waals surface area contributed by atoms with E-state index in [1.54, 1.807) is 0 Å². The van der Waals surface area contributed by atoms with Gasteiger partial charge in [-0.05, 0) is 81.1 Å². The van der Waals surface area contributed by atoms with Crippen LogP contribution in [0.5, 0.6) is 0 Å². The molecule has 0 aromatic carbocycles. The zero-order valence-corrected chi connectivity index (χ0v) is 39.3. The molecule has 4 N–H and O–H groups in total. The molecule has 0 aliphatic rings. The number of hydrogen-bond acceptors (Lipinski definition) is 8. The van der Waals surface area contributed by atoms with Gasteiger partial charge in [0, 0.05) is 19.8 Å². The molecule has 0 saturated carbocycles. The van der Waals surface area contributed by atoms with Crippen molar-refractivity contribution in [2.45, 2.75) is 203 Å². The fourth-order valence-electron chi connectivity index (χ4n) is 2.88. The van der Waals surface area contributed by atoms with Gasteiger partial charge < -0.3 is 43.7 Å². The number of nitrogens with one attached hydrogen (secondary N) is 3. The third kappa shape index (κ3) is 290. The zero-order chi connectivity index (χ0) is 40.8. The minimum atomic E-state index is -0.338. The fourth-order valence-corrected chi connectivity index (χ4v) is 2.88. The molecular formula is C57H181N9O2S+4. The summed E-state index contributed by atoms with van der Waals surface area (Å²) in [6.45, 7) is 25.5. The lowest BCUT2D eigenvalue weighted by atomic mass is 10.3. The van der Waals surface area contributed by atoms with Crippen molar-refractivity contribution in [1.82, 2.24) is 25.8 Å². The van der Waals surface area contributed by atoms with Crippen molar-refractivity contribution < 1.29 is 27.8 Å². The fraction of sp³-hybridized carbons (Fsp3) is 1.00. The van der Waals surface area contributed by atoms with Crippen LogP contribution in [-0.2, 0) is 4.74 Å². The maximum absolute atomic E-state index is 9.38. The van der Waals surface area contributed by atoms with Crippen LogP contribution >= 0.6 is 11.8 Å². The summed E-state index contributed by atoms with van der Waals surface area (Å²) in [4.78, 5) is 4.52. The normalized spacial score (nSPS) is 8.39. The van der Waals surface area contributed by atoms with Gasteiger partial charge >= 0.3 is 0 Å². The third-order valence-corrected chi connectivity index (χ3v) is 6.72. The Balaban J connectivity index is -0.0000000116. The van der Waals surface area contributed by atoms with Crippen LogP contribution in [0, 0.1) is 0 Å². The van der Waals surface area contributed by atoms with Crippen LogP contribution in [0.4, 0.5) is 0 Å². The van der Waals surface area contributed by atoms with E-state index in [1.165, 1.54) is 18.8 Å². The first-order valence-corrected chi connectivity index (χ1v) is 19.9. The van der Waals surface area contributed by atoms with E-state index in [4.69, 9.17) is 4.74 Å². The van der Waals surface area contributed by atoms with Crippen LogP contribution < -0.4 is 16.0 Å². The quantitative estimate of drug-likeness (QED) is 0.0653. The van der Waals surface area contributed by atoms with Gasteiger partial charge in [0.25, 0.3) is 0 Å². The molecule has 0 aliphatic heterocycles. The first-order valence-electron chi connectivity index (χ1n) is 18.5. The maximum atomic E-state index is 9.38. The van der Waals surface area contributed by atoms with Crippen LogP contribution in [0.3, 0.4) is 0 Å². The molecule has 0 rings (SSSR count). The molecule has 1 unspecified atom stereocenters. The summed E-state index contributed by atoms with van der Waals surface area (Å²) in [5, 5.41) is 18.4. The summed E-state index contributed by atoms with van der Waals surface area (Å²) in [7, 11) is 34.0. The summed E-state index contributed by atoms with van der Waals surface area (Å²) in [6.07, 6.45) is 1.76. The van der Waals surface area contributed by atoms with Gasteiger partial charge in [0.05, 0.1) is 97.2 Å². The highest BCUT2D eigenvalue weighted by Gasteiger charge is 2.15. The molecule has 0 bridgehead atoms. The maximum Gasteiger partial charge on any atom is 0.134 e. The van der Waals surface area contributed by atoms with Gasteiger partial charge in [0.1, 0.15) is 26.0 Å². The van der Waals surface area contributed by atoms with E-state index in [2.05, 4.69) is 172 Å². The van der Waals surface area contributed by atoms with Crippen molar-refractivity contribution in [3.8, 4) is 0 Å². The van der Waals surface area contributed by atoms with Crippen LogP contribution in [0.2, 0.25) is 0 Å². The van der Waals surface area contributed by atoms with Gasteiger partial charge in [-0.15, -0.1) is 0 Å². The van der Waals surface area contributed by atoms with E-state index in [0.717, 1.165) is 64.1 Å². The molecule has 0 aromatic rings. The Morgan fingerprint density at radius 3 is 0.899 bits per heavy atom. The molecule has 1 atom stereocenters. The van der Waals surface area contributed by atoms with E-state index >= 15 is 0 Å². The van der Waals surface area contributed by atoms with E-state index in [-0.39, 0.29) is 155 Å². The second-order valence-corrected chi connectivity index (χ2v) is 17.0. The summed E-state index contributed by atoms with van der Waals surface area (Å²) >= 11 is 1.86. The molecular weight excluding hydrogens is 875 g/mol. The number of quaternary nitrogens is 4. The number of aliphatic hydroxyl groups excluding tert-OH is 1. The topological polar surface area (TPSA) is 72.0 Å². The number of rotatable bonds is 17. The standard InChI is InChI=1S/C8H20NO2.2C7H19N2.C5H14N.C4H12N2.C3H9N.C3H8S.20CH4/c1-5-11-7-8(10)6-9(2,3)4;1-6-8(2)7-9(3,4)5;1-6-9(4,5)7-8(2)3;1-5-6(2,3)4;1-3-6-4-5-2;2*1-3-4-2;;;;;;;;;;;;;;;;;;;;/h8,10H,5-7H2,1-4H3;2*6-7H2,1-5H3;5H2,1-4H3;5-6H,3-4H2,1-2H3;4H,3H2,1-2H3;3H2,1-2H3;20*1H4/q4*+1;;;;;;;;;;;;;;;;;;;;;;;. The lowest BCUT2D eigenvalue weighted by Crippen LogP contribution is -2.45. The monoisotopic (exact) mass is 1060 g/mol. The van der Waals surface area contributed by atoms with Gasteiger partial charge in [-0.1, -0.05) is 176 Å². The first-order chi connectivity index (χ1) is 22.2. The molecule has 12 heteroatoms. The SMILES string of the molecule is C.C.C.C.C.C.C.C.C.C.C.C.C.C.C.C.C.C.C.C.CCN(C)C[N+](C)(C)C.CCNC.CCNCNC.CCOCC(O)C[N+](C)(C)C.CCSC.CC[N+](C)(C)C.CC[N+](C)(C)CN(C)C. The summed E-state index contributed by atoms with van der Waals surface area (Å²) in [5.74, 6) is 1.24. The van der Waals surface area contributed by atoms with Gasteiger partial charge in [0.2, 0.25) is 0 Å². The molecule has 0 aromatic heterocycles. The highest BCUT2D eigenvalue weighted by molar-refractivity contribution is 7.98. The van der Waals surface area contributed by atoms with E-state index in [9.17, 15) is 5.11 Å². The molecule has 0 aliphatic carbocycles. The van der Waals surface area contributed by atoms with Crippen molar-refractivity contribution in [1.29, 1.82) is 0 Å². The molecule has 0 radical (unpaired) electrons. The number of hydrogen-bond donors (Lipinski definition) is 4. The van der Waals surface area contributed by atoms with Gasteiger partial charge in [-0.25, -0.2) is 0 Å². The van der Waals surface area contributed by atoms with Gasteiger partial charge in [-0.2, -0.15) is 11.8 Å². The Kier molecular flexibility index (Phi) is 320. The highest BCUT2D eigenvalue weighted by Crippen LogP contribution is 1.96. The number of aliphatic hydroxyl groups is 1. The predicted octanol–water partition coefficient (Wildman–Crippen LogP) is 16.1. The average Bonchev–Trinajstić information content (AvgIpc) is 2.97. The number of thioether (sulfide) groups is 1. The predicted molar refractivity (Wildman–Crippen MR) is 362 cm³/mol. The smallest absolute Gasteiger partial charge is 0.134 e. The van der Waals surface area contributed by atoms with Gasteiger partial charge in [0.15, 0.2) is 0 Å². The molecule has 0 amide bonds. The van der Waals surface area contributed by atoms with Crippen LogP contribution in [0.15, 0.2) is 0 Å². The van der Waals surface area contributed by atoms with Crippen molar-refractivity contribution >= 4 is 11.8 Å². The summed E-state index contributed by atoms with van der Waals surface area (Å²) < 4.78 is 9.02. The van der Waals surface area contributed by atoms with Crippen LogP contribution in [0.25, 0.3) is 0 Å². The third-order valence-electron chi connectivity index (χ3n) is 6.14. The second-order valence-electron chi connectivity index (χ2n) is 15.9. The number of likely N-dealkylation sites (N-methyl/N-ethyl adjacent to an activating group) is 1. The van der Waals surface area contributed by atoms with Crippen molar-refractivity contribution in [3.05, 3.63) is 0 Å². The summed E-state index contributed by atoms with van der Waals surface area (Å²) in [5.41, 5.74) is 0. The number of nitrogens with zero attached hydrogens (tertiary/aromatic N) is 6. The van der Waals surface area contributed by atoms with Crippen molar-refractivity contribution in [2.24, 2.45) is 0 Å². The molecule has 69 heavy (non-hydrogen) atoms. The molecule has 0 fully saturated rings. The second kappa shape index (κ2) is 122. The molecule has 468 valence electrons. The Morgan fingerprint density at radius 1 is 0.493 bits per heavy atom. The van der Waals surface area contributed by atoms with Crippen molar-refractivity contribution in [2.75, 3.05) is 197 Å². The first kappa shape index (κ1) is 181. The number of ether oxygens (including phenoxy) is 1. The Labute approximate surface area is 463 Å². The Hall–Kier alpha value is -0.0900. The molecule has 0 saturated heterocycles. The Bertz CT molecular complexity index is 576. The average molecular weight is 1060 g/mol. The van der Waals surface area contributed by atoms with E-state index in [1.807, 2.05) is 32.8 Å². The van der Waals surface area contributed by atoms with Crippen molar-refractivity contribution in [3.63, 3.8) is 0 Å². The molecule has 0 spiro atoms. The minimum Gasteiger partial charge on any atom is -0.385 e. The molecule has 11 nitrogen and oxygen atoms in total. The van der Waals surface area contributed by atoms with Crippen LogP contribution in [0.1, 0.15) is 197 Å². The van der Waals surface area contributed by atoms with Gasteiger partial charge in [-0.3, -0.25) is 9.80 Å². The minimum absolute atomic E-state index is 0. The molecule has 0 heterocycles. The zero-order valence-electron chi connectivity index (χ0n) is 38.5. The van der Waals surface area contributed by atoms with E-state index < -0.39 is 0 Å². The van der Waals surface area contributed by atoms with E-state index in [0.29, 0.717) is 13.2 Å². The highest BCUT2D eigenvalue weighted by atomic mass is 32.2. The van der Waals surface area contributed by atoms with Crippen LogP contribution in [-0.4, -0.2) is 236 Å². The largest absolute Gasteiger partial charge is 0.385 e. The Morgan fingerprint density at radius 2 is 0.797 bits per heavy atom. The lowest BCUT2D eigenvalue weighted by molar-refractivity contribution is -0.897. The lowest BCUT2D eigenvalue weighted by Gasteiger charge is -2.30. The summed E-state index contributed by atoms with van der Waals surface area (Å²) in [6, 6.07) is 0.